The summed E-state index contributed by atoms with van der Waals surface area (Å²) in [5, 5.41) is 0. The van der Waals surface area contributed by atoms with E-state index in [0.29, 0.717) is 13.2 Å². The highest BCUT2D eigenvalue weighted by atomic mass is 16.5. The van der Waals surface area contributed by atoms with Gasteiger partial charge in [0.05, 0.1) is 7.11 Å². The van der Waals surface area contributed by atoms with E-state index < -0.39 is 0 Å². The lowest BCUT2D eigenvalue weighted by molar-refractivity contribution is 0.0961. The summed E-state index contributed by atoms with van der Waals surface area (Å²) in [6.45, 7) is 6.52. The van der Waals surface area contributed by atoms with E-state index in [-0.39, 0.29) is 5.54 Å². The van der Waals surface area contributed by atoms with Crippen molar-refractivity contribution >= 4 is 0 Å². The Morgan fingerprint density at radius 3 is 2.25 bits per heavy atom. The lowest BCUT2D eigenvalue weighted by atomic mass is 9.91. The molecule has 1 rings (SSSR count). The minimum atomic E-state index is 0.0735. The maximum absolute atomic E-state index is 5.96. The molecule has 0 saturated heterocycles. The van der Waals surface area contributed by atoms with Gasteiger partial charge in [0, 0.05) is 18.6 Å². The topological polar surface area (TPSA) is 47.7 Å². The molecule has 1 aromatic carbocycles. The van der Waals surface area contributed by atoms with Crippen LogP contribution in [0.3, 0.4) is 0 Å². The second-order valence-corrected chi connectivity index (χ2v) is 5.06. The van der Waals surface area contributed by atoms with Crippen molar-refractivity contribution < 1.29 is 9.47 Å². The molecule has 114 valence electrons. The Morgan fingerprint density at radius 2 is 1.75 bits per heavy atom. The fourth-order valence-corrected chi connectivity index (χ4v) is 2.50. The van der Waals surface area contributed by atoms with Gasteiger partial charge in [-0.2, -0.15) is 0 Å². The lowest BCUT2D eigenvalue weighted by Crippen LogP contribution is -2.52. The number of likely N-dealkylation sites (N-methyl/N-ethyl adjacent to an activating group) is 1. The number of benzene rings is 1. The number of ether oxygens (including phenoxy) is 2. The fourth-order valence-electron chi connectivity index (χ4n) is 2.50. The lowest BCUT2D eigenvalue weighted by Gasteiger charge is -2.40. The quantitative estimate of drug-likeness (QED) is 0.755. The van der Waals surface area contributed by atoms with Crippen LogP contribution >= 0.6 is 0 Å². The molecule has 0 atom stereocenters. The van der Waals surface area contributed by atoms with Crippen molar-refractivity contribution in [2.75, 3.05) is 33.9 Å². The molecule has 0 aliphatic rings. The molecule has 4 heteroatoms. The van der Waals surface area contributed by atoms with Gasteiger partial charge in [-0.15, -0.1) is 0 Å². The maximum atomic E-state index is 5.96. The van der Waals surface area contributed by atoms with Crippen molar-refractivity contribution in [3.05, 3.63) is 24.3 Å². The highest BCUT2D eigenvalue weighted by Gasteiger charge is 2.28. The van der Waals surface area contributed by atoms with Gasteiger partial charge < -0.3 is 15.2 Å². The fraction of sp³-hybridized carbons (Fsp3) is 0.625. The third-order valence-corrected chi connectivity index (χ3v) is 4.26. The van der Waals surface area contributed by atoms with Crippen molar-refractivity contribution in [2.24, 2.45) is 5.73 Å². The van der Waals surface area contributed by atoms with Gasteiger partial charge in [0.2, 0.25) is 0 Å². The van der Waals surface area contributed by atoms with Crippen molar-refractivity contribution in [3.63, 3.8) is 0 Å². The van der Waals surface area contributed by atoms with E-state index in [1.807, 2.05) is 24.3 Å². The zero-order valence-corrected chi connectivity index (χ0v) is 13.2. The van der Waals surface area contributed by atoms with E-state index in [4.69, 9.17) is 15.2 Å². The molecule has 0 unspecified atom stereocenters. The molecule has 0 bridgehead atoms. The Bertz CT molecular complexity index is 384. The third-order valence-electron chi connectivity index (χ3n) is 4.26. The van der Waals surface area contributed by atoms with Crippen LogP contribution < -0.4 is 15.2 Å². The van der Waals surface area contributed by atoms with E-state index in [9.17, 15) is 0 Å². The van der Waals surface area contributed by atoms with Gasteiger partial charge >= 0.3 is 0 Å². The van der Waals surface area contributed by atoms with Crippen LogP contribution in [0.15, 0.2) is 24.3 Å². The molecule has 1 aromatic rings. The van der Waals surface area contributed by atoms with E-state index >= 15 is 0 Å². The van der Waals surface area contributed by atoms with Gasteiger partial charge in [-0.1, -0.05) is 26.0 Å². The second kappa shape index (κ2) is 8.12. The summed E-state index contributed by atoms with van der Waals surface area (Å²) in [5.41, 5.74) is 6.03. The number of methoxy groups -OCH3 is 1. The number of hydrogen-bond donors (Lipinski definition) is 1. The SMILES string of the molecule is CCC(CC)(CN)N(C)CCOc1ccccc1OC. The molecular weight excluding hydrogens is 252 g/mol. The average molecular weight is 280 g/mol. The van der Waals surface area contributed by atoms with Crippen LogP contribution in [0.25, 0.3) is 0 Å². The zero-order chi connectivity index (χ0) is 15.0. The molecule has 0 saturated carbocycles. The second-order valence-electron chi connectivity index (χ2n) is 5.06. The molecule has 4 nitrogen and oxygen atoms in total. The van der Waals surface area contributed by atoms with E-state index in [0.717, 1.165) is 30.9 Å². The first-order valence-corrected chi connectivity index (χ1v) is 7.30. The van der Waals surface area contributed by atoms with Crippen molar-refractivity contribution in [1.29, 1.82) is 0 Å². The largest absolute Gasteiger partial charge is 0.493 e. The van der Waals surface area contributed by atoms with Gasteiger partial charge in [0.15, 0.2) is 11.5 Å². The summed E-state index contributed by atoms with van der Waals surface area (Å²) in [4.78, 5) is 2.31. The first-order valence-electron chi connectivity index (χ1n) is 7.30. The van der Waals surface area contributed by atoms with Crippen LogP contribution in [0.2, 0.25) is 0 Å². The van der Waals surface area contributed by atoms with Gasteiger partial charge in [0.25, 0.3) is 0 Å². The molecule has 20 heavy (non-hydrogen) atoms. The number of nitrogens with zero attached hydrogens (tertiary/aromatic N) is 1. The minimum Gasteiger partial charge on any atom is -0.493 e. The van der Waals surface area contributed by atoms with Crippen LogP contribution in [0.4, 0.5) is 0 Å². The summed E-state index contributed by atoms with van der Waals surface area (Å²) in [5.74, 6) is 1.56. The zero-order valence-electron chi connectivity index (χ0n) is 13.2. The van der Waals surface area contributed by atoms with E-state index in [1.165, 1.54) is 0 Å². The number of hydrogen-bond acceptors (Lipinski definition) is 4. The smallest absolute Gasteiger partial charge is 0.161 e. The maximum Gasteiger partial charge on any atom is 0.161 e. The van der Waals surface area contributed by atoms with Crippen LogP contribution in [0, 0.1) is 0 Å². The third kappa shape index (κ3) is 3.87. The summed E-state index contributed by atoms with van der Waals surface area (Å²) in [6, 6.07) is 7.71. The number of rotatable bonds is 9. The van der Waals surface area contributed by atoms with Crippen LogP contribution in [0.5, 0.6) is 11.5 Å². The summed E-state index contributed by atoms with van der Waals surface area (Å²) in [7, 11) is 3.77. The Balaban J connectivity index is 2.55. The van der Waals surface area contributed by atoms with Gasteiger partial charge in [0.1, 0.15) is 6.61 Å². The predicted octanol–water partition coefficient (Wildman–Crippen LogP) is 2.52. The molecule has 0 heterocycles. The van der Waals surface area contributed by atoms with E-state index in [1.54, 1.807) is 7.11 Å². The van der Waals surface area contributed by atoms with Crippen LogP contribution in [-0.2, 0) is 0 Å². The highest BCUT2D eigenvalue weighted by molar-refractivity contribution is 5.39. The van der Waals surface area contributed by atoms with Gasteiger partial charge in [-0.25, -0.2) is 0 Å². The molecule has 0 aromatic heterocycles. The summed E-state index contributed by atoms with van der Waals surface area (Å²) in [6.07, 6.45) is 2.09. The van der Waals surface area contributed by atoms with Crippen LogP contribution in [0.1, 0.15) is 26.7 Å². The molecular formula is C16H28N2O2. The van der Waals surface area contributed by atoms with Crippen molar-refractivity contribution in [3.8, 4) is 11.5 Å². The number of para-hydroxylation sites is 2. The monoisotopic (exact) mass is 280 g/mol. The minimum absolute atomic E-state index is 0.0735. The number of nitrogens with two attached hydrogens (primary N) is 1. The molecule has 2 N–H and O–H groups in total. The Kier molecular flexibility index (Phi) is 6.82. The first kappa shape index (κ1) is 16.8. The molecule has 0 amide bonds. The van der Waals surface area contributed by atoms with E-state index in [2.05, 4.69) is 25.8 Å². The standard InChI is InChI=1S/C16H28N2O2/c1-5-16(6-2,13-17)18(3)11-12-20-15-10-8-7-9-14(15)19-4/h7-10H,5-6,11-13,17H2,1-4H3. The molecule has 0 aliphatic heterocycles. The molecule has 0 fully saturated rings. The Morgan fingerprint density at radius 1 is 1.15 bits per heavy atom. The molecule has 0 radical (unpaired) electrons. The predicted molar refractivity (Wildman–Crippen MR) is 83.5 cm³/mol. The summed E-state index contributed by atoms with van der Waals surface area (Å²) < 4.78 is 11.1. The Hall–Kier alpha value is -1.26. The molecule has 0 aliphatic carbocycles. The van der Waals surface area contributed by atoms with Gasteiger partial charge in [-0.05, 0) is 32.0 Å². The van der Waals surface area contributed by atoms with Crippen molar-refractivity contribution in [2.45, 2.75) is 32.2 Å². The normalized spacial score (nSPS) is 11.7. The summed E-state index contributed by atoms with van der Waals surface area (Å²) >= 11 is 0. The van der Waals surface area contributed by atoms with Crippen molar-refractivity contribution in [1.82, 2.24) is 4.90 Å². The highest BCUT2D eigenvalue weighted by Crippen LogP contribution is 2.26. The molecule has 0 spiro atoms. The van der Waals surface area contributed by atoms with Gasteiger partial charge in [-0.3, -0.25) is 4.90 Å². The Labute approximate surface area is 122 Å². The average Bonchev–Trinajstić information content (AvgIpc) is 2.50. The first-order chi connectivity index (χ1) is 9.63. The van der Waals surface area contributed by atoms with Crippen LogP contribution in [-0.4, -0.2) is 44.3 Å².